The van der Waals surface area contributed by atoms with E-state index in [1.165, 1.54) is 0 Å². The van der Waals surface area contributed by atoms with Gasteiger partial charge >= 0.3 is 0 Å². The van der Waals surface area contributed by atoms with Gasteiger partial charge in [0.15, 0.2) is 0 Å². The molecule has 7 aliphatic heterocycles. The van der Waals surface area contributed by atoms with E-state index < -0.39 is 0 Å². The van der Waals surface area contributed by atoms with Crippen LogP contribution in [0.15, 0.2) is 257 Å². The van der Waals surface area contributed by atoms with Crippen molar-refractivity contribution in [2.75, 3.05) is 65.2 Å². The molecule has 28 heteroatoms. The van der Waals surface area contributed by atoms with E-state index >= 15 is 0 Å². The minimum Gasteiger partial charge on any atom is -0.507 e. The summed E-state index contributed by atoms with van der Waals surface area (Å²) in [6.07, 6.45) is 32.8. The maximum absolute atomic E-state index is 11.5. The number of carbonyl (C=O) groups is 7. The van der Waals surface area contributed by atoms with Gasteiger partial charge in [0.05, 0.1) is 39.3 Å². The third-order valence-electron chi connectivity index (χ3n) is 22.6. The topological polar surface area (TPSA) is 392 Å². The van der Waals surface area contributed by atoms with Gasteiger partial charge in [0.25, 0.3) is 0 Å². The van der Waals surface area contributed by atoms with Gasteiger partial charge in [0, 0.05) is 256 Å². The van der Waals surface area contributed by atoms with Crippen molar-refractivity contribution < 1.29 is 67.8 Å². The van der Waals surface area contributed by atoms with Crippen LogP contribution in [0.4, 0.5) is 39.8 Å². The van der Waals surface area contributed by atoms with E-state index in [1.807, 2.05) is 171 Å². The van der Waals surface area contributed by atoms with Crippen molar-refractivity contribution in [3.8, 4) is 118 Å². The minimum absolute atomic E-state index is 0.00368. The molecule has 0 radical (unpaired) electrons. The molecule has 131 heavy (non-hydrogen) atoms. The largest absolute Gasteiger partial charge is 0.507 e. The lowest BCUT2D eigenvalue weighted by Gasteiger charge is -2.22. The number of nitrogens with zero attached hydrogens (tertiary/aromatic N) is 7. The minimum atomic E-state index is -0.0491. The van der Waals surface area contributed by atoms with Crippen LogP contribution >= 0.6 is 0 Å². The summed E-state index contributed by atoms with van der Waals surface area (Å²) in [6, 6.07) is 53.5. The molecular weight excluding hydrogens is 1660 g/mol. The molecule has 0 spiro atoms. The Bertz CT molecular complexity index is 6440. The number of rotatable bonds is 12. The smallest absolute Gasteiger partial charge is 0.224 e. The van der Waals surface area contributed by atoms with Gasteiger partial charge in [-0.1, -0.05) is 42.5 Å². The fraction of sp³-hybridized carbons (Fsp3) is 0.184. The number of anilines is 7. The van der Waals surface area contributed by atoms with E-state index in [1.54, 1.807) is 101 Å². The highest BCUT2D eigenvalue weighted by Crippen LogP contribution is 2.46. The zero-order chi connectivity index (χ0) is 91.3. The van der Waals surface area contributed by atoms with Crippen LogP contribution in [0.25, 0.3) is 77.9 Å². The Kier molecular flexibility index (Phi) is 28.8. The number of hydrogen-bond donors (Lipinski definition) is 10. The van der Waals surface area contributed by atoms with Crippen molar-refractivity contribution in [3.63, 3.8) is 0 Å². The maximum Gasteiger partial charge on any atom is 0.224 e. The molecule has 28 nitrogen and oxygen atoms in total. The van der Waals surface area contributed by atoms with Gasteiger partial charge in [0.1, 0.15) is 40.2 Å². The molecule has 0 unspecified atom stereocenters. The first-order valence-electron chi connectivity index (χ1n) is 42.8. The fourth-order valence-corrected chi connectivity index (χ4v) is 16.1. The summed E-state index contributed by atoms with van der Waals surface area (Å²) < 4.78 is 22.2. The van der Waals surface area contributed by atoms with Crippen molar-refractivity contribution in [1.82, 2.24) is 34.9 Å². The van der Waals surface area contributed by atoms with E-state index in [4.69, 9.17) is 18.9 Å². The number of fused-ring (bicyclic) bond motifs is 7. The van der Waals surface area contributed by atoms with E-state index in [0.717, 1.165) is 170 Å². The second-order valence-corrected chi connectivity index (χ2v) is 31.1. The second-order valence-electron chi connectivity index (χ2n) is 31.1. The third-order valence-corrected chi connectivity index (χ3v) is 22.6. The highest BCUT2D eigenvalue weighted by molar-refractivity contribution is 6.01. The predicted molar refractivity (Wildman–Crippen MR) is 502 cm³/mol. The number of amides is 7. The van der Waals surface area contributed by atoms with Crippen LogP contribution in [0.2, 0.25) is 0 Å². The average molecular weight is 1750 g/mol. The van der Waals surface area contributed by atoms with Crippen molar-refractivity contribution in [2.24, 2.45) is 0 Å². The van der Waals surface area contributed by atoms with Crippen LogP contribution in [0, 0.1) is 0 Å². The van der Waals surface area contributed by atoms with Gasteiger partial charge in [0.2, 0.25) is 41.4 Å². The van der Waals surface area contributed by atoms with Crippen molar-refractivity contribution in [3.05, 3.63) is 296 Å². The van der Waals surface area contributed by atoms with Gasteiger partial charge in [-0.15, -0.1) is 0 Å². The molecule has 0 bridgehead atoms. The molecule has 21 rings (SSSR count). The van der Waals surface area contributed by atoms with Crippen LogP contribution in [-0.4, -0.2) is 119 Å². The predicted octanol–water partition coefficient (Wildman–Crippen LogP) is 18.0. The molecule has 14 heterocycles. The summed E-state index contributed by atoms with van der Waals surface area (Å²) in [5.41, 5.74) is 25.8. The summed E-state index contributed by atoms with van der Waals surface area (Å²) in [5, 5.41) is 50.1. The van der Waals surface area contributed by atoms with Crippen LogP contribution in [-0.2, 0) is 78.5 Å². The number of phenols is 3. The average Bonchev–Trinajstić information content (AvgIpc) is 0.748. The first kappa shape index (κ1) is 89.3. The molecule has 10 N–H and O–H groups in total. The van der Waals surface area contributed by atoms with Crippen LogP contribution < -0.4 is 56.2 Å². The molecule has 0 saturated carbocycles. The van der Waals surface area contributed by atoms with Gasteiger partial charge < -0.3 is 71.5 Å². The van der Waals surface area contributed by atoms with Crippen molar-refractivity contribution >= 4 is 81.2 Å². The van der Waals surface area contributed by atoms with Crippen LogP contribution in [0.3, 0.4) is 0 Å². The number of aromatic nitrogens is 7. The molecule has 0 saturated heterocycles. The normalized spacial score (nSPS) is 13.7. The zero-order valence-corrected chi connectivity index (χ0v) is 72.3. The SMILES string of the molecule is CCOc1c(-c2cccnc2)ccc2c1CCC(=O)N2.COc1c(-c2cccnc2)ccc2c1CCC(=O)N2.COc1cc(-c2cccnc2)cc2c1NC(=O)CC2.COc1cc2c(cc1-c1cccnc1)CCC(=O)N2.O=C1CCc2c(ccc(-c3cccnc3)c2O)N1.O=C1CCc2cc(-c3cccnc3)c(O)cc2N1.O=C1CCc2cc(-c3cccnc3)cc(O)c2N1. The fourth-order valence-electron chi connectivity index (χ4n) is 16.1. The zero-order valence-electron chi connectivity index (χ0n) is 72.3. The van der Waals surface area contributed by atoms with Gasteiger partial charge in [-0.2, -0.15) is 0 Å². The Morgan fingerprint density at radius 3 is 1.06 bits per heavy atom. The number of benzene rings is 7. The lowest BCUT2D eigenvalue weighted by atomic mass is 9.96. The van der Waals surface area contributed by atoms with E-state index in [-0.39, 0.29) is 58.6 Å². The first-order valence-corrected chi connectivity index (χ1v) is 42.8. The van der Waals surface area contributed by atoms with Gasteiger partial charge in [-0.3, -0.25) is 68.4 Å². The first-order chi connectivity index (χ1) is 63.9. The van der Waals surface area contributed by atoms with E-state index in [9.17, 15) is 48.9 Å². The highest BCUT2D eigenvalue weighted by atomic mass is 16.5. The maximum atomic E-state index is 11.5. The highest BCUT2D eigenvalue weighted by Gasteiger charge is 2.28. The standard InChI is InChI=1S/C16H16N2O2.3C15H14N2O2.3C14H12N2O2/c1-2-20-16-12(11-4-3-9-17-10-11)5-7-14-13(16)6-8-15(19)18-14;1-19-15-11(10-3-2-8-16-9-10)4-6-13-12(15)5-7-14(18)17-13;1-19-14-8-13-10(4-5-15(18)17-13)7-12(14)11-3-2-6-16-9-11;1-19-13-8-12(11-3-2-6-16-9-11)7-10-4-5-14(18)17-15(10)13;17-13-6-4-11-12(16-13)5-3-10(14(11)18)9-2-1-7-15-8-9;17-13-7-12-9(3-4-14(18)16-12)6-11(13)10-2-1-5-15-8-10;17-12-7-11(10-2-1-5-15-8-10)6-9-3-4-13(18)16-14(9)12/h3-5,7,9-10H,2,6,8H2,1H3,(H,18,19);2-4,6,8-9H,5,7H2,1H3,(H,17,18);2*2-3,6-9H,4-5H2,1H3,(H,17,18);1-3,5,7-8,18H,4,6H2,(H,16,17);2*1-2,5-8,17H,3-4H2,(H,16,18). The quantitative estimate of drug-likeness (QED) is 0.0508. The number of carbonyl (C=O) groups excluding carboxylic acids is 7. The third kappa shape index (κ3) is 21.8. The number of phenolic OH excluding ortho intramolecular Hbond substituents is 3. The number of pyridine rings is 7. The Morgan fingerprint density at radius 2 is 0.618 bits per heavy atom. The number of methoxy groups -OCH3 is 3. The van der Waals surface area contributed by atoms with Crippen molar-refractivity contribution in [2.45, 2.75) is 96.8 Å². The van der Waals surface area contributed by atoms with E-state index in [2.05, 4.69) is 84.2 Å². The van der Waals surface area contributed by atoms with Crippen LogP contribution in [0.1, 0.15) is 90.8 Å². The number of hydrogen-bond acceptors (Lipinski definition) is 21. The molecule has 0 aliphatic carbocycles. The Morgan fingerprint density at radius 1 is 0.275 bits per heavy atom. The lowest BCUT2D eigenvalue weighted by molar-refractivity contribution is -0.117. The van der Waals surface area contributed by atoms with Gasteiger partial charge in [-0.25, -0.2) is 0 Å². The Hall–Kier alpha value is -16.5. The molecular formula is C103H94N14O14. The lowest BCUT2D eigenvalue weighted by Crippen LogP contribution is -2.19. The molecule has 0 fully saturated rings. The summed E-state index contributed by atoms with van der Waals surface area (Å²) in [4.78, 5) is 108. The van der Waals surface area contributed by atoms with Gasteiger partial charge in [-0.05, 0) is 201 Å². The number of nitrogens with one attached hydrogen (secondary N) is 7. The second kappa shape index (κ2) is 42.2. The molecule has 7 amide bonds. The molecule has 7 aliphatic rings. The molecule has 14 aromatic rings. The molecule has 7 aromatic heterocycles. The van der Waals surface area contributed by atoms with Crippen LogP contribution in [0.5, 0.6) is 40.2 Å². The summed E-state index contributed by atoms with van der Waals surface area (Å²) in [5.74, 6) is 3.80. The molecule has 7 aromatic carbocycles. The Balaban J connectivity index is 0.000000117. The Labute approximate surface area is 755 Å². The monoisotopic (exact) mass is 1750 g/mol. The van der Waals surface area contributed by atoms with Crippen molar-refractivity contribution in [1.29, 1.82) is 0 Å². The van der Waals surface area contributed by atoms with E-state index in [0.29, 0.717) is 106 Å². The number of aromatic hydroxyl groups is 3. The summed E-state index contributed by atoms with van der Waals surface area (Å²) >= 11 is 0. The summed E-state index contributed by atoms with van der Waals surface area (Å²) in [6.45, 7) is 2.56. The number of ether oxygens (including phenoxy) is 4. The summed E-state index contributed by atoms with van der Waals surface area (Å²) in [7, 11) is 4.90. The number of aryl methyl sites for hydroxylation is 4. The molecule has 0 atom stereocenters. The molecule has 660 valence electrons.